The van der Waals surface area contributed by atoms with E-state index in [1.165, 1.54) is 19.3 Å². The van der Waals surface area contributed by atoms with E-state index in [1.54, 1.807) is 7.11 Å². The van der Waals surface area contributed by atoms with E-state index in [9.17, 15) is 0 Å². The molecule has 144 valence electrons. The van der Waals surface area contributed by atoms with E-state index in [2.05, 4.69) is 5.32 Å². The molecule has 3 aromatic rings. The topological polar surface area (TPSA) is 47.0 Å². The second-order valence-corrected chi connectivity index (χ2v) is 7.63. The van der Waals surface area contributed by atoms with Crippen LogP contribution in [-0.2, 0) is 0 Å². The van der Waals surface area contributed by atoms with Gasteiger partial charge in [0, 0.05) is 28.3 Å². The fourth-order valence-electron chi connectivity index (χ4n) is 3.66. The molecule has 4 rings (SSSR count). The Labute approximate surface area is 171 Å². The first kappa shape index (κ1) is 18.8. The quantitative estimate of drug-likeness (QED) is 0.530. The van der Waals surface area contributed by atoms with Gasteiger partial charge in [-0.2, -0.15) is 0 Å². The summed E-state index contributed by atoms with van der Waals surface area (Å²) in [6.07, 6.45) is 6.13. The monoisotopic (exact) mass is 393 g/mol. The lowest BCUT2D eigenvalue weighted by molar-refractivity contribution is 0.415. The Morgan fingerprint density at radius 2 is 1.64 bits per heavy atom. The second-order valence-electron chi connectivity index (χ2n) is 7.19. The van der Waals surface area contributed by atoms with E-state index in [0.29, 0.717) is 5.92 Å². The van der Waals surface area contributed by atoms with Crippen molar-refractivity contribution in [3.8, 4) is 17.0 Å². The maximum atomic E-state index is 6.01. The van der Waals surface area contributed by atoms with Crippen molar-refractivity contribution in [2.45, 2.75) is 38.0 Å². The number of hydrogen-bond donors (Lipinski definition) is 1. The lowest BCUT2D eigenvalue weighted by atomic mass is 9.88. The molecule has 2 aromatic carbocycles. The summed E-state index contributed by atoms with van der Waals surface area (Å²) in [5.74, 6) is 3.01. The zero-order chi connectivity index (χ0) is 19.3. The summed E-state index contributed by atoms with van der Waals surface area (Å²) >= 11 is 6.01. The fraction of sp³-hybridized carbons (Fsp3) is 0.304. The summed E-state index contributed by atoms with van der Waals surface area (Å²) < 4.78 is 5.28. The van der Waals surface area contributed by atoms with Crippen LogP contribution in [0.15, 0.2) is 54.6 Å². The van der Waals surface area contributed by atoms with Crippen molar-refractivity contribution >= 4 is 23.1 Å². The number of nitrogens with zero attached hydrogens (tertiary/aromatic N) is 2. The number of aromatic nitrogens is 2. The molecule has 5 heteroatoms. The van der Waals surface area contributed by atoms with Crippen LogP contribution in [0.1, 0.15) is 43.8 Å². The first-order valence-electron chi connectivity index (χ1n) is 9.77. The van der Waals surface area contributed by atoms with Gasteiger partial charge in [-0.15, -0.1) is 0 Å². The molecule has 0 amide bonds. The molecular formula is C23H24ClN3O. The molecule has 0 bridgehead atoms. The molecular weight excluding hydrogens is 370 g/mol. The molecule has 1 saturated carbocycles. The lowest BCUT2D eigenvalue weighted by Crippen LogP contribution is -2.10. The van der Waals surface area contributed by atoms with Crippen LogP contribution >= 0.6 is 11.6 Å². The Balaban J connectivity index is 1.70. The highest BCUT2D eigenvalue weighted by molar-refractivity contribution is 6.30. The minimum absolute atomic E-state index is 0.428. The van der Waals surface area contributed by atoms with Crippen molar-refractivity contribution in [3.05, 3.63) is 65.4 Å². The number of rotatable bonds is 5. The van der Waals surface area contributed by atoms with E-state index in [-0.39, 0.29) is 0 Å². The molecule has 0 saturated heterocycles. The summed E-state index contributed by atoms with van der Waals surface area (Å²) in [4.78, 5) is 9.78. The number of nitrogens with one attached hydrogen (secondary N) is 1. The van der Waals surface area contributed by atoms with Crippen molar-refractivity contribution in [1.82, 2.24) is 9.97 Å². The lowest BCUT2D eigenvalue weighted by Gasteiger charge is -2.21. The molecule has 4 nitrogen and oxygen atoms in total. The van der Waals surface area contributed by atoms with Gasteiger partial charge in [-0.25, -0.2) is 9.97 Å². The van der Waals surface area contributed by atoms with Crippen LogP contribution in [0.2, 0.25) is 5.02 Å². The maximum Gasteiger partial charge on any atom is 0.134 e. The van der Waals surface area contributed by atoms with Crippen molar-refractivity contribution in [2.24, 2.45) is 0 Å². The largest absolute Gasteiger partial charge is 0.497 e. The predicted octanol–water partition coefficient (Wildman–Crippen LogP) is 6.60. The number of methoxy groups -OCH3 is 1. The number of hydrogen-bond acceptors (Lipinski definition) is 4. The first-order valence-corrected chi connectivity index (χ1v) is 10.1. The number of benzene rings is 2. The molecule has 1 N–H and O–H groups in total. The molecule has 1 aromatic heterocycles. The molecule has 28 heavy (non-hydrogen) atoms. The Hall–Kier alpha value is -2.59. The van der Waals surface area contributed by atoms with E-state index in [1.807, 2.05) is 54.6 Å². The number of halogens is 1. The third-order valence-corrected chi connectivity index (χ3v) is 5.47. The Bertz CT molecular complexity index is 920. The van der Waals surface area contributed by atoms with Crippen LogP contribution in [0.25, 0.3) is 11.3 Å². The van der Waals surface area contributed by atoms with Gasteiger partial charge in [0.25, 0.3) is 0 Å². The highest BCUT2D eigenvalue weighted by Crippen LogP contribution is 2.33. The van der Waals surface area contributed by atoms with Crippen molar-refractivity contribution < 1.29 is 4.74 Å². The minimum Gasteiger partial charge on any atom is -0.497 e. The number of ether oxygens (including phenoxy) is 1. The third kappa shape index (κ3) is 4.45. The normalized spacial score (nSPS) is 14.6. The third-order valence-electron chi connectivity index (χ3n) is 5.22. The zero-order valence-electron chi connectivity index (χ0n) is 16.0. The summed E-state index contributed by atoms with van der Waals surface area (Å²) in [6.45, 7) is 0. The maximum absolute atomic E-state index is 6.01. The molecule has 1 fully saturated rings. The first-order chi connectivity index (χ1) is 13.7. The SMILES string of the molecule is COc1ccc(-c2cc(Nc3ccc(Cl)cc3)nc(C3CCCCC3)n2)cc1. The van der Waals surface area contributed by atoms with Gasteiger partial charge in [0.05, 0.1) is 12.8 Å². The van der Waals surface area contributed by atoms with E-state index in [0.717, 1.165) is 52.2 Å². The van der Waals surface area contributed by atoms with Crippen LogP contribution in [0.5, 0.6) is 5.75 Å². The highest BCUT2D eigenvalue weighted by atomic mass is 35.5. The van der Waals surface area contributed by atoms with Crippen LogP contribution in [0.4, 0.5) is 11.5 Å². The summed E-state index contributed by atoms with van der Waals surface area (Å²) in [5.41, 5.74) is 2.94. The zero-order valence-corrected chi connectivity index (χ0v) is 16.7. The smallest absolute Gasteiger partial charge is 0.134 e. The number of anilines is 2. The molecule has 0 unspecified atom stereocenters. The van der Waals surface area contributed by atoms with Gasteiger partial charge >= 0.3 is 0 Å². The van der Waals surface area contributed by atoms with Gasteiger partial charge in [-0.1, -0.05) is 30.9 Å². The molecule has 0 spiro atoms. The fourth-order valence-corrected chi connectivity index (χ4v) is 3.79. The van der Waals surface area contributed by atoms with Crippen molar-refractivity contribution in [2.75, 3.05) is 12.4 Å². The average molecular weight is 394 g/mol. The Morgan fingerprint density at radius 1 is 0.929 bits per heavy atom. The highest BCUT2D eigenvalue weighted by Gasteiger charge is 2.20. The van der Waals surface area contributed by atoms with Crippen molar-refractivity contribution in [1.29, 1.82) is 0 Å². The molecule has 0 radical (unpaired) electrons. The van der Waals surface area contributed by atoms with Crippen LogP contribution in [0.3, 0.4) is 0 Å². The molecule has 1 heterocycles. The van der Waals surface area contributed by atoms with Gasteiger partial charge in [0.1, 0.15) is 17.4 Å². The molecule has 0 atom stereocenters. The van der Waals surface area contributed by atoms with Crippen LogP contribution < -0.4 is 10.1 Å². The second kappa shape index (κ2) is 8.61. The van der Waals surface area contributed by atoms with Gasteiger partial charge in [0.15, 0.2) is 0 Å². The minimum atomic E-state index is 0.428. The van der Waals surface area contributed by atoms with E-state index >= 15 is 0 Å². The molecule has 0 aliphatic heterocycles. The summed E-state index contributed by atoms with van der Waals surface area (Å²) in [6, 6.07) is 17.7. The van der Waals surface area contributed by atoms with Gasteiger partial charge < -0.3 is 10.1 Å². The Kier molecular flexibility index (Phi) is 5.77. The van der Waals surface area contributed by atoms with Crippen LogP contribution in [0, 0.1) is 0 Å². The van der Waals surface area contributed by atoms with Crippen LogP contribution in [-0.4, -0.2) is 17.1 Å². The molecule has 1 aliphatic rings. The summed E-state index contributed by atoms with van der Waals surface area (Å²) in [5, 5.41) is 4.13. The van der Waals surface area contributed by atoms with Crippen molar-refractivity contribution in [3.63, 3.8) is 0 Å². The Morgan fingerprint density at radius 3 is 2.32 bits per heavy atom. The molecule has 1 aliphatic carbocycles. The van der Waals surface area contributed by atoms with E-state index < -0.39 is 0 Å². The van der Waals surface area contributed by atoms with Gasteiger partial charge in [-0.3, -0.25) is 0 Å². The average Bonchev–Trinajstić information content (AvgIpc) is 2.76. The van der Waals surface area contributed by atoms with Gasteiger partial charge in [-0.05, 0) is 61.4 Å². The van der Waals surface area contributed by atoms with Gasteiger partial charge in [0.2, 0.25) is 0 Å². The van der Waals surface area contributed by atoms with E-state index in [4.69, 9.17) is 26.3 Å². The summed E-state index contributed by atoms with van der Waals surface area (Å²) in [7, 11) is 1.68. The predicted molar refractivity (Wildman–Crippen MR) is 115 cm³/mol. The standard InChI is InChI=1S/C23H24ClN3O/c1-28-20-13-7-16(8-14-20)21-15-22(25-19-11-9-18(24)10-12-19)27-23(26-21)17-5-3-2-4-6-17/h7-15,17H,2-6H2,1H3,(H,25,26,27).